The van der Waals surface area contributed by atoms with Crippen molar-refractivity contribution >= 4 is 0 Å². The van der Waals surface area contributed by atoms with Crippen LogP contribution in [-0.2, 0) is 6.42 Å². The first-order valence-corrected chi connectivity index (χ1v) is 5.29. The molecule has 0 aliphatic carbocycles. The first kappa shape index (κ1) is 11.3. The molecule has 2 rings (SSSR count). The highest BCUT2D eigenvalue weighted by Crippen LogP contribution is 2.18. The number of nitrogens with zero attached hydrogens (tertiary/aromatic N) is 1. The third-order valence-corrected chi connectivity index (χ3v) is 2.33. The average molecular weight is 231 g/mol. The van der Waals surface area contributed by atoms with Crippen molar-refractivity contribution in [3.8, 4) is 17.0 Å². The molecule has 0 aliphatic heterocycles. The molecule has 4 N–H and O–H groups in total. The van der Waals surface area contributed by atoms with E-state index >= 15 is 0 Å². The zero-order valence-electron chi connectivity index (χ0n) is 9.18. The second kappa shape index (κ2) is 4.80. The molecule has 0 saturated heterocycles. The van der Waals surface area contributed by atoms with Crippen LogP contribution in [0.1, 0.15) is 5.82 Å². The third-order valence-electron chi connectivity index (χ3n) is 2.33. The van der Waals surface area contributed by atoms with Gasteiger partial charge in [-0.3, -0.25) is 4.79 Å². The molecule has 0 amide bonds. The number of hydrogen-bond donors (Lipinski definition) is 3. The summed E-state index contributed by atoms with van der Waals surface area (Å²) >= 11 is 0. The number of hydrogen-bond acceptors (Lipinski definition) is 4. The van der Waals surface area contributed by atoms with E-state index < -0.39 is 0 Å². The van der Waals surface area contributed by atoms with Crippen molar-refractivity contribution < 1.29 is 5.11 Å². The molecule has 0 bridgehead atoms. The highest BCUT2D eigenvalue weighted by atomic mass is 16.3. The van der Waals surface area contributed by atoms with Crippen LogP contribution in [-0.4, -0.2) is 21.6 Å². The van der Waals surface area contributed by atoms with E-state index in [0.717, 1.165) is 5.56 Å². The lowest BCUT2D eigenvalue weighted by atomic mass is 10.1. The number of benzene rings is 1. The van der Waals surface area contributed by atoms with Crippen LogP contribution >= 0.6 is 0 Å². The van der Waals surface area contributed by atoms with Crippen LogP contribution in [0.2, 0.25) is 0 Å². The van der Waals surface area contributed by atoms with Gasteiger partial charge in [0.2, 0.25) is 0 Å². The minimum Gasteiger partial charge on any atom is -0.508 e. The molecule has 0 radical (unpaired) electrons. The molecule has 0 aliphatic rings. The molecule has 0 atom stereocenters. The Bertz CT molecular complexity index is 561. The molecule has 0 fully saturated rings. The van der Waals surface area contributed by atoms with Crippen LogP contribution in [0.25, 0.3) is 11.3 Å². The smallest absolute Gasteiger partial charge is 0.251 e. The van der Waals surface area contributed by atoms with Crippen LogP contribution in [0.5, 0.6) is 5.75 Å². The molecule has 1 aromatic heterocycles. The van der Waals surface area contributed by atoms with E-state index in [9.17, 15) is 9.90 Å². The first-order valence-electron chi connectivity index (χ1n) is 5.29. The zero-order chi connectivity index (χ0) is 12.3. The van der Waals surface area contributed by atoms with Gasteiger partial charge in [0.25, 0.3) is 5.56 Å². The van der Waals surface area contributed by atoms with Crippen LogP contribution in [0.4, 0.5) is 0 Å². The normalized spacial score (nSPS) is 10.4. The van der Waals surface area contributed by atoms with Gasteiger partial charge in [-0.1, -0.05) is 0 Å². The predicted octanol–water partition coefficient (Wildman–Crippen LogP) is 0.644. The maximum atomic E-state index is 11.4. The molecule has 17 heavy (non-hydrogen) atoms. The molecule has 1 heterocycles. The fourth-order valence-electron chi connectivity index (χ4n) is 1.54. The number of rotatable bonds is 3. The number of H-pyrrole nitrogens is 1. The van der Waals surface area contributed by atoms with Gasteiger partial charge in [-0.05, 0) is 30.8 Å². The fourth-order valence-corrected chi connectivity index (χ4v) is 1.54. The van der Waals surface area contributed by atoms with E-state index in [1.54, 1.807) is 24.3 Å². The van der Waals surface area contributed by atoms with Crippen molar-refractivity contribution in [3.05, 3.63) is 46.5 Å². The van der Waals surface area contributed by atoms with Gasteiger partial charge >= 0.3 is 0 Å². The fraction of sp³-hybridized carbons (Fsp3) is 0.167. The minimum absolute atomic E-state index is 0.181. The quantitative estimate of drug-likeness (QED) is 0.723. The maximum absolute atomic E-state index is 11.4. The van der Waals surface area contributed by atoms with Crippen molar-refractivity contribution in [3.63, 3.8) is 0 Å². The van der Waals surface area contributed by atoms with Crippen LogP contribution in [0, 0.1) is 0 Å². The van der Waals surface area contributed by atoms with E-state index in [1.165, 1.54) is 6.07 Å². The average Bonchev–Trinajstić information content (AvgIpc) is 2.29. The Labute approximate surface area is 98.0 Å². The SMILES string of the molecule is NCCc1nc(-c2ccc(O)cc2)cc(=O)[nH]1. The Hall–Kier alpha value is -2.14. The number of aromatic nitrogens is 2. The lowest BCUT2D eigenvalue weighted by molar-refractivity contribution is 0.475. The molecule has 0 unspecified atom stereocenters. The number of aromatic amines is 1. The molecular weight excluding hydrogens is 218 g/mol. The van der Waals surface area contributed by atoms with Crippen LogP contribution < -0.4 is 11.3 Å². The summed E-state index contributed by atoms with van der Waals surface area (Å²) in [5.74, 6) is 0.754. The van der Waals surface area contributed by atoms with Crippen LogP contribution in [0.15, 0.2) is 35.1 Å². The van der Waals surface area contributed by atoms with Gasteiger partial charge in [-0.15, -0.1) is 0 Å². The minimum atomic E-state index is -0.202. The van der Waals surface area contributed by atoms with Crippen molar-refractivity contribution in [2.24, 2.45) is 5.73 Å². The number of nitrogens with one attached hydrogen (secondary N) is 1. The van der Waals surface area contributed by atoms with Gasteiger partial charge in [-0.2, -0.15) is 0 Å². The molecule has 1 aromatic carbocycles. The summed E-state index contributed by atoms with van der Waals surface area (Å²) < 4.78 is 0. The third kappa shape index (κ3) is 2.70. The topological polar surface area (TPSA) is 92.0 Å². The molecule has 5 nitrogen and oxygen atoms in total. The molecule has 0 spiro atoms. The second-order valence-electron chi connectivity index (χ2n) is 3.66. The van der Waals surface area contributed by atoms with E-state index in [1.807, 2.05) is 0 Å². The summed E-state index contributed by atoms with van der Waals surface area (Å²) in [7, 11) is 0. The predicted molar refractivity (Wildman–Crippen MR) is 64.7 cm³/mol. The molecule has 0 saturated carbocycles. The van der Waals surface area contributed by atoms with Gasteiger partial charge < -0.3 is 15.8 Å². The zero-order valence-corrected chi connectivity index (χ0v) is 9.18. The highest BCUT2D eigenvalue weighted by molar-refractivity contribution is 5.59. The van der Waals surface area contributed by atoms with Gasteiger partial charge in [0, 0.05) is 18.1 Å². The number of phenolic OH excluding ortho intramolecular Hbond substituents is 1. The summed E-state index contributed by atoms with van der Waals surface area (Å²) in [5, 5.41) is 9.19. The molecule has 2 aromatic rings. The van der Waals surface area contributed by atoms with Crippen molar-refractivity contribution in [2.45, 2.75) is 6.42 Å². The summed E-state index contributed by atoms with van der Waals surface area (Å²) in [4.78, 5) is 18.4. The van der Waals surface area contributed by atoms with E-state index in [2.05, 4.69) is 9.97 Å². The Morgan fingerprint density at radius 3 is 2.65 bits per heavy atom. The number of nitrogens with two attached hydrogens (primary N) is 1. The van der Waals surface area contributed by atoms with E-state index in [-0.39, 0.29) is 11.3 Å². The summed E-state index contributed by atoms with van der Waals surface area (Å²) in [5.41, 5.74) is 6.59. The lowest BCUT2D eigenvalue weighted by Crippen LogP contribution is -2.14. The Kier molecular flexibility index (Phi) is 3.20. The van der Waals surface area contributed by atoms with Crippen LogP contribution in [0.3, 0.4) is 0 Å². The van der Waals surface area contributed by atoms with Crippen molar-refractivity contribution in [1.82, 2.24) is 9.97 Å². The van der Waals surface area contributed by atoms with Gasteiger partial charge in [-0.25, -0.2) is 4.98 Å². The Balaban J connectivity index is 2.44. The highest BCUT2D eigenvalue weighted by Gasteiger charge is 2.03. The monoisotopic (exact) mass is 231 g/mol. The van der Waals surface area contributed by atoms with Gasteiger partial charge in [0.05, 0.1) is 5.69 Å². The maximum Gasteiger partial charge on any atom is 0.251 e. The van der Waals surface area contributed by atoms with Gasteiger partial charge in [0.1, 0.15) is 11.6 Å². The number of phenols is 1. The van der Waals surface area contributed by atoms with Gasteiger partial charge in [0.15, 0.2) is 0 Å². The van der Waals surface area contributed by atoms with E-state index in [0.29, 0.717) is 24.5 Å². The largest absolute Gasteiger partial charge is 0.508 e. The molecule has 88 valence electrons. The summed E-state index contributed by atoms with van der Waals surface area (Å²) in [6, 6.07) is 7.96. The second-order valence-corrected chi connectivity index (χ2v) is 3.66. The Morgan fingerprint density at radius 1 is 1.29 bits per heavy atom. The summed E-state index contributed by atoms with van der Waals surface area (Å²) in [6.07, 6.45) is 0.529. The lowest BCUT2D eigenvalue weighted by Gasteiger charge is -2.03. The van der Waals surface area contributed by atoms with Crippen molar-refractivity contribution in [1.29, 1.82) is 0 Å². The molecule has 5 heteroatoms. The van der Waals surface area contributed by atoms with Crippen molar-refractivity contribution in [2.75, 3.05) is 6.54 Å². The first-order chi connectivity index (χ1) is 8.19. The summed E-state index contributed by atoms with van der Waals surface area (Å²) in [6.45, 7) is 0.433. The molecular formula is C12H13N3O2. The number of aromatic hydroxyl groups is 1. The Morgan fingerprint density at radius 2 is 2.00 bits per heavy atom. The van der Waals surface area contributed by atoms with E-state index in [4.69, 9.17) is 5.73 Å². The standard InChI is InChI=1S/C12H13N3O2/c13-6-5-11-14-10(7-12(17)15-11)8-1-3-9(16)4-2-8/h1-4,7,16H,5-6,13H2,(H,14,15,17).